The van der Waals surface area contributed by atoms with Crippen molar-refractivity contribution in [1.29, 1.82) is 0 Å². The van der Waals surface area contributed by atoms with Gasteiger partial charge in [0.15, 0.2) is 0 Å². The molecular formula is C13H14IN3OS. The molecule has 0 bridgehead atoms. The molecule has 0 saturated heterocycles. The van der Waals surface area contributed by atoms with E-state index in [-0.39, 0.29) is 6.03 Å². The quantitative estimate of drug-likeness (QED) is 0.790. The molecule has 100 valence electrons. The predicted molar refractivity (Wildman–Crippen MR) is 86.6 cm³/mol. The van der Waals surface area contributed by atoms with E-state index in [1.807, 2.05) is 32.0 Å². The standard InChI is InChI=1S/C13H14IN3OS/c1-8-5-10(14)3-4-12(8)17-13(18)16-7-11-6-15-9(2)19-11/h3-6H,7H2,1-2H3,(H2,16,17,18). The number of amides is 2. The van der Waals surface area contributed by atoms with E-state index < -0.39 is 0 Å². The molecule has 6 heteroatoms. The zero-order valence-corrected chi connectivity index (χ0v) is 13.6. The number of hydrogen-bond donors (Lipinski definition) is 2. The third kappa shape index (κ3) is 4.17. The van der Waals surface area contributed by atoms with Gasteiger partial charge in [0.1, 0.15) is 0 Å². The van der Waals surface area contributed by atoms with Crippen LogP contribution in [-0.4, -0.2) is 11.0 Å². The number of urea groups is 1. The van der Waals surface area contributed by atoms with Crippen LogP contribution in [0.5, 0.6) is 0 Å². The summed E-state index contributed by atoms with van der Waals surface area (Å²) in [6, 6.07) is 5.71. The second-order valence-corrected chi connectivity index (χ2v) is 6.68. The molecule has 0 aliphatic heterocycles. The van der Waals surface area contributed by atoms with Crippen LogP contribution in [0.4, 0.5) is 10.5 Å². The highest BCUT2D eigenvalue weighted by Gasteiger charge is 2.05. The van der Waals surface area contributed by atoms with Crippen LogP contribution in [0.1, 0.15) is 15.4 Å². The van der Waals surface area contributed by atoms with E-state index in [2.05, 4.69) is 38.2 Å². The lowest BCUT2D eigenvalue weighted by Gasteiger charge is -2.09. The largest absolute Gasteiger partial charge is 0.333 e. The topological polar surface area (TPSA) is 54.0 Å². The summed E-state index contributed by atoms with van der Waals surface area (Å²) in [4.78, 5) is 17.0. The van der Waals surface area contributed by atoms with Crippen LogP contribution in [0.3, 0.4) is 0 Å². The third-order valence-corrected chi connectivity index (χ3v) is 4.11. The first-order chi connectivity index (χ1) is 9.04. The number of halogens is 1. The van der Waals surface area contributed by atoms with Crippen LogP contribution in [0.15, 0.2) is 24.4 Å². The average Bonchev–Trinajstić information content (AvgIpc) is 2.76. The molecule has 2 N–H and O–H groups in total. The highest BCUT2D eigenvalue weighted by molar-refractivity contribution is 14.1. The van der Waals surface area contributed by atoms with Crippen molar-refractivity contribution in [1.82, 2.24) is 10.3 Å². The summed E-state index contributed by atoms with van der Waals surface area (Å²) in [5.41, 5.74) is 1.88. The number of aromatic nitrogens is 1. The van der Waals surface area contributed by atoms with Crippen molar-refractivity contribution in [2.24, 2.45) is 0 Å². The Morgan fingerprint density at radius 3 is 2.84 bits per heavy atom. The lowest BCUT2D eigenvalue weighted by Crippen LogP contribution is -2.28. The van der Waals surface area contributed by atoms with Crippen LogP contribution in [0.25, 0.3) is 0 Å². The van der Waals surface area contributed by atoms with E-state index in [0.29, 0.717) is 6.54 Å². The Hall–Kier alpha value is -1.15. The minimum Gasteiger partial charge on any atom is -0.333 e. The van der Waals surface area contributed by atoms with Crippen LogP contribution >= 0.6 is 33.9 Å². The molecular weight excluding hydrogens is 373 g/mol. The van der Waals surface area contributed by atoms with Gasteiger partial charge >= 0.3 is 6.03 Å². The first-order valence-corrected chi connectivity index (χ1v) is 7.66. The molecule has 1 heterocycles. The van der Waals surface area contributed by atoms with Gasteiger partial charge in [-0.15, -0.1) is 11.3 Å². The van der Waals surface area contributed by atoms with E-state index in [9.17, 15) is 4.79 Å². The SMILES string of the molecule is Cc1ncc(CNC(=O)Nc2ccc(I)cc2C)s1. The summed E-state index contributed by atoms with van der Waals surface area (Å²) in [5.74, 6) is 0. The second-order valence-electron chi connectivity index (χ2n) is 4.11. The van der Waals surface area contributed by atoms with Crippen LogP contribution in [-0.2, 0) is 6.54 Å². The Morgan fingerprint density at radius 2 is 2.21 bits per heavy atom. The van der Waals surface area contributed by atoms with Crippen molar-refractivity contribution in [2.45, 2.75) is 20.4 Å². The maximum Gasteiger partial charge on any atom is 0.319 e. The fourth-order valence-corrected chi connectivity index (χ4v) is 2.97. The Morgan fingerprint density at radius 1 is 1.42 bits per heavy atom. The molecule has 19 heavy (non-hydrogen) atoms. The van der Waals surface area contributed by atoms with E-state index in [1.165, 1.54) is 0 Å². The Labute approximate surface area is 129 Å². The molecule has 0 aliphatic carbocycles. The number of carbonyl (C=O) groups is 1. The van der Waals surface area contributed by atoms with E-state index >= 15 is 0 Å². The molecule has 1 aromatic carbocycles. The minimum atomic E-state index is -0.199. The number of benzene rings is 1. The molecule has 0 aliphatic rings. The molecule has 0 radical (unpaired) electrons. The molecule has 2 aromatic rings. The molecule has 2 amide bonds. The van der Waals surface area contributed by atoms with Gasteiger partial charge < -0.3 is 10.6 Å². The monoisotopic (exact) mass is 387 g/mol. The van der Waals surface area contributed by atoms with Gasteiger partial charge in [-0.25, -0.2) is 9.78 Å². The summed E-state index contributed by atoms with van der Waals surface area (Å²) in [5, 5.41) is 6.67. The first kappa shape index (κ1) is 14.3. The highest BCUT2D eigenvalue weighted by atomic mass is 127. The van der Waals surface area contributed by atoms with E-state index in [4.69, 9.17) is 0 Å². The Kier molecular flexibility index (Phi) is 4.76. The molecule has 0 fully saturated rings. The summed E-state index contributed by atoms with van der Waals surface area (Å²) in [6.45, 7) is 4.42. The lowest BCUT2D eigenvalue weighted by atomic mass is 10.2. The number of aryl methyl sites for hydroxylation is 2. The van der Waals surface area contributed by atoms with Crippen LogP contribution in [0, 0.1) is 17.4 Å². The van der Waals surface area contributed by atoms with Gasteiger partial charge in [0.25, 0.3) is 0 Å². The predicted octanol–water partition coefficient (Wildman–Crippen LogP) is 3.69. The van der Waals surface area contributed by atoms with E-state index in [1.54, 1.807) is 17.5 Å². The van der Waals surface area contributed by atoms with Gasteiger partial charge in [0.05, 0.1) is 11.6 Å². The van der Waals surface area contributed by atoms with Gasteiger partial charge in [-0.2, -0.15) is 0 Å². The summed E-state index contributed by atoms with van der Waals surface area (Å²) in [6.07, 6.45) is 1.79. The number of hydrogen-bond acceptors (Lipinski definition) is 3. The molecule has 4 nitrogen and oxygen atoms in total. The van der Waals surface area contributed by atoms with Gasteiger partial charge in [0, 0.05) is 20.3 Å². The summed E-state index contributed by atoms with van der Waals surface area (Å²) in [7, 11) is 0. The average molecular weight is 387 g/mol. The maximum atomic E-state index is 11.8. The summed E-state index contributed by atoms with van der Waals surface area (Å²) >= 11 is 3.84. The second kappa shape index (κ2) is 6.33. The summed E-state index contributed by atoms with van der Waals surface area (Å²) < 4.78 is 1.15. The van der Waals surface area contributed by atoms with Crippen molar-refractivity contribution in [3.8, 4) is 0 Å². The zero-order chi connectivity index (χ0) is 13.8. The smallest absolute Gasteiger partial charge is 0.319 e. The molecule has 1 aromatic heterocycles. The van der Waals surface area contributed by atoms with E-state index in [0.717, 1.165) is 24.7 Å². The fourth-order valence-electron chi connectivity index (χ4n) is 1.59. The Bertz CT molecular complexity index is 597. The van der Waals surface area contributed by atoms with Crippen LogP contribution < -0.4 is 10.6 Å². The minimum absolute atomic E-state index is 0.199. The number of rotatable bonds is 3. The van der Waals surface area contributed by atoms with Crippen LogP contribution in [0.2, 0.25) is 0 Å². The fraction of sp³-hybridized carbons (Fsp3) is 0.231. The number of carbonyl (C=O) groups excluding carboxylic acids is 1. The third-order valence-electron chi connectivity index (χ3n) is 2.53. The molecule has 0 atom stereocenters. The van der Waals surface area contributed by atoms with Crippen molar-refractivity contribution in [3.63, 3.8) is 0 Å². The van der Waals surface area contributed by atoms with Gasteiger partial charge in [-0.3, -0.25) is 0 Å². The molecule has 2 rings (SSSR count). The molecule has 0 unspecified atom stereocenters. The zero-order valence-electron chi connectivity index (χ0n) is 10.7. The van der Waals surface area contributed by atoms with Gasteiger partial charge in [-0.1, -0.05) is 0 Å². The van der Waals surface area contributed by atoms with Crippen molar-refractivity contribution in [3.05, 3.63) is 43.4 Å². The number of thiazole rings is 1. The first-order valence-electron chi connectivity index (χ1n) is 5.77. The number of anilines is 1. The lowest BCUT2D eigenvalue weighted by molar-refractivity contribution is 0.252. The van der Waals surface area contributed by atoms with Crippen molar-refractivity contribution >= 4 is 45.6 Å². The van der Waals surface area contributed by atoms with Crippen molar-refractivity contribution in [2.75, 3.05) is 5.32 Å². The number of nitrogens with zero attached hydrogens (tertiary/aromatic N) is 1. The maximum absolute atomic E-state index is 11.8. The molecule has 0 spiro atoms. The van der Waals surface area contributed by atoms with Gasteiger partial charge in [-0.05, 0) is 60.2 Å². The number of nitrogens with one attached hydrogen (secondary N) is 2. The highest BCUT2D eigenvalue weighted by Crippen LogP contribution is 2.17. The molecule has 0 saturated carbocycles. The van der Waals surface area contributed by atoms with Crippen molar-refractivity contribution < 1.29 is 4.79 Å². The normalized spacial score (nSPS) is 10.3. The Balaban J connectivity index is 1.90. The van der Waals surface area contributed by atoms with Gasteiger partial charge in [0.2, 0.25) is 0 Å².